The first-order chi connectivity index (χ1) is 8.69. The van der Waals surface area contributed by atoms with Crippen molar-refractivity contribution in [1.82, 2.24) is 9.97 Å². The summed E-state index contributed by atoms with van der Waals surface area (Å²) in [6.45, 7) is 4.45. The summed E-state index contributed by atoms with van der Waals surface area (Å²) >= 11 is 5.74. The molecule has 1 aromatic carbocycles. The van der Waals surface area contributed by atoms with Gasteiger partial charge in [-0.1, -0.05) is 38.1 Å². The Hall–Kier alpha value is -1.41. The van der Waals surface area contributed by atoms with Crippen LogP contribution in [0.4, 0.5) is 0 Å². The number of hydrogen-bond acceptors (Lipinski definition) is 2. The Morgan fingerprint density at radius 1 is 1.11 bits per heavy atom. The van der Waals surface area contributed by atoms with Gasteiger partial charge in [0.1, 0.15) is 5.82 Å². The first-order valence-electron chi connectivity index (χ1n) is 6.16. The standard InChI is InChI=1S/C15H17ClN2/c1-11(2)9-12-3-5-13(6-4-12)14-7-8-17-15(10-16)18-14/h3-8,11H,9-10H2,1-2H3. The molecule has 18 heavy (non-hydrogen) atoms. The molecule has 0 spiro atoms. The molecule has 1 aromatic heterocycles. The molecule has 0 saturated carbocycles. The largest absolute Gasteiger partial charge is 0.240 e. The minimum atomic E-state index is 0.347. The molecule has 0 aliphatic rings. The second-order valence-corrected chi connectivity index (χ2v) is 5.05. The fraction of sp³-hybridized carbons (Fsp3) is 0.333. The lowest BCUT2D eigenvalue weighted by atomic mass is 10.0. The zero-order chi connectivity index (χ0) is 13.0. The molecule has 1 heterocycles. The van der Waals surface area contributed by atoms with E-state index in [4.69, 9.17) is 11.6 Å². The molecule has 0 radical (unpaired) electrons. The molecular formula is C15H17ClN2. The van der Waals surface area contributed by atoms with Gasteiger partial charge >= 0.3 is 0 Å². The summed E-state index contributed by atoms with van der Waals surface area (Å²) in [5, 5.41) is 0. The summed E-state index contributed by atoms with van der Waals surface area (Å²) < 4.78 is 0. The maximum Gasteiger partial charge on any atom is 0.143 e. The van der Waals surface area contributed by atoms with Crippen LogP contribution in [0.15, 0.2) is 36.5 Å². The van der Waals surface area contributed by atoms with Gasteiger partial charge in [0.05, 0.1) is 11.6 Å². The number of alkyl halides is 1. The second kappa shape index (κ2) is 5.96. The van der Waals surface area contributed by atoms with E-state index < -0.39 is 0 Å². The van der Waals surface area contributed by atoms with Gasteiger partial charge in [0.2, 0.25) is 0 Å². The lowest BCUT2D eigenvalue weighted by molar-refractivity contribution is 0.647. The van der Waals surface area contributed by atoms with E-state index in [0.29, 0.717) is 17.6 Å². The maximum absolute atomic E-state index is 5.74. The van der Waals surface area contributed by atoms with Crippen LogP contribution in [-0.4, -0.2) is 9.97 Å². The monoisotopic (exact) mass is 260 g/mol. The summed E-state index contributed by atoms with van der Waals surface area (Å²) in [6.07, 6.45) is 2.86. The van der Waals surface area contributed by atoms with Gasteiger partial charge in [-0.2, -0.15) is 0 Å². The molecule has 0 N–H and O–H groups in total. The zero-order valence-electron chi connectivity index (χ0n) is 10.7. The van der Waals surface area contributed by atoms with Crippen LogP contribution in [0.5, 0.6) is 0 Å². The van der Waals surface area contributed by atoms with Gasteiger partial charge in [-0.15, -0.1) is 11.6 Å². The molecule has 2 aromatic rings. The predicted octanol–water partition coefficient (Wildman–Crippen LogP) is 4.08. The third kappa shape index (κ3) is 3.30. The fourth-order valence-corrected chi connectivity index (χ4v) is 2.04. The summed E-state index contributed by atoms with van der Waals surface area (Å²) in [5.41, 5.74) is 3.40. The van der Waals surface area contributed by atoms with Crippen molar-refractivity contribution in [3.05, 3.63) is 47.9 Å². The van der Waals surface area contributed by atoms with Crippen molar-refractivity contribution in [2.75, 3.05) is 0 Å². The molecule has 3 heteroatoms. The van der Waals surface area contributed by atoms with Crippen molar-refractivity contribution in [3.8, 4) is 11.3 Å². The summed E-state index contributed by atoms with van der Waals surface area (Å²) in [4.78, 5) is 8.51. The van der Waals surface area contributed by atoms with E-state index in [1.165, 1.54) is 5.56 Å². The third-order valence-electron chi connectivity index (χ3n) is 2.72. The van der Waals surface area contributed by atoms with E-state index in [1.54, 1.807) is 6.20 Å². The highest BCUT2D eigenvalue weighted by Crippen LogP contribution is 2.18. The summed E-state index contributed by atoms with van der Waals surface area (Å²) in [6, 6.07) is 10.5. The summed E-state index contributed by atoms with van der Waals surface area (Å²) in [5.74, 6) is 1.69. The first kappa shape index (κ1) is 13.0. The maximum atomic E-state index is 5.74. The lowest BCUT2D eigenvalue weighted by Gasteiger charge is -2.06. The van der Waals surface area contributed by atoms with Crippen LogP contribution in [0.2, 0.25) is 0 Å². The van der Waals surface area contributed by atoms with Crippen LogP contribution in [0.3, 0.4) is 0 Å². The highest BCUT2D eigenvalue weighted by molar-refractivity contribution is 6.16. The Balaban J connectivity index is 2.22. The van der Waals surface area contributed by atoms with Gasteiger partial charge in [0.25, 0.3) is 0 Å². The van der Waals surface area contributed by atoms with Gasteiger partial charge in [0.15, 0.2) is 0 Å². The summed E-state index contributed by atoms with van der Waals surface area (Å²) in [7, 11) is 0. The fourth-order valence-electron chi connectivity index (χ4n) is 1.91. The Kier molecular flexibility index (Phi) is 4.32. The normalized spacial score (nSPS) is 10.9. The van der Waals surface area contributed by atoms with Crippen molar-refractivity contribution >= 4 is 11.6 Å². The van der Waals surface area contributed by atoms with Crippen molar-refractivity contribution in [3.63, 3.8) is 0 Å². The van der Waals surface area contributed by atoms with Gasteiger partial charge in [-0.05, 0) is 24.0 Å². The van der Waals surface area contributed by atoms with Gasteiger partial charge in [-0.25, -0.2) is 9.97 Å². The molecule has 0 atom stereocenters. The molecule has 0 bridgehead atoms. The van der Waals surface area contributed by atoms with Gasteiger partial charge in [0, 0.05) is 11.8 Å². The van der Waals surface area contributed by atoms with E-state index in [-0.39, 0.29) is 0 Å². The van der Waals surface area contributed by atoms with Crippen molar-refractivity contribution in [1.29, 1.82) is 0 Å². The van der Waals surface area contributed by atoms with E-state index in [0.717, 1.165) is 17.7 Å². The molecule has 2 nitrogen and oxygen atoms in total. The molecule has 0 aliphatic carbocycles. The molecule has 94 valence electrons. The second-order valence-electron chi connectivity index (χ2n) is 4.79. The SMILES string of the molecule is CC(C)Cc1ccc(-c2ccnc(CCl)n2)cc1. The van der Waals surface area contributed by atoms with Crippen LogP contribution in [0.1, 0.15) is 25.2 Å². The molecule has 0 saturated heterocycles. The highest BCUT2D eigenvalue weighted by Gasteiger charge is 2.03. The Labute approximate surface area is 113 Å². The van der Waals surface area contributed by atoms with Crippen LogP contribution in [0, 0.1) is 5.92 Å². The van der Waals surface area contributed by atoms with Crippen LogP contribution in [0.25, 0.3) is 11.3 Å². The molecule has 2 rings (SSSR count). The van der Waals surface area contributed by atoms with Crippen LogP contribution >= 0.6 is 11.6 Å². The Morgan fingerprint density at radius 2 is 1.83 bits per heavy atom. The topological polar surface area (TPSA) is 25.8 Å². The van der Waals surface area contributed by atoms with E-state index >= 15 is 0 Å². The molecule has 0 amide bonds. The third-order valence-corrected chi connectivity index (χ3v) is 2.96. The van der Waals surface area contributed by atoms with E-state index in [1.807, 2.05) is 6.07 Å². The van der Waals surface area contributed by atoms with Crippen LogP contribution in [-0.2, 0) is 12.3 Å². The number of aromatic nitrogens is 2. The van der Waals surface area contributed by atoms with E-state index in [2.05, 4.69) is 48.1 Å². The zero-order valence-corrected chi connectivity index (χ0v) is 11.5. The van der Waals surface area contributed by atoms with E-state index in [9.17, 15) is 0 Å². The molecule has 0 aliphatic heterocycles. The smallest absolute Gasteiger partial charge is 0.143 e. The Bertz CT molecular complexity index is 506. The number of benzene rings is 1. The minimum absolute atomic E-state index is 0.347. The average molecular weight is 261 g/mol. The lowest BCUT2D eigenvalue weighted by Crippen LogP contribution is -1.95. The van der Waals surface area contributed by atoms with Crippen molar-refractivity contribution < 1.29 is 0 Å². The van der Waals surface area contributed by atoms with Crippen molar-refractivity contribution in [2.45, 2.75) is 26.1 Å². The number of nitrogens with zero attached hydrogens (tertiary/aromatic N) is 2. The number of hydrogen-bond donors (Lipinski definition) is 0. The Morgan fingerprint density at radius 3 is 2.44 bits per heavy atom. The average Bonchev–Trinajstić information content (AvgIpc) is 2.39. The molecule has 0 fully saturated rings. The highest BCUT2D eigenvalue weighted by atomic mass is 35.5. The minimum Gasteiger partial charge on any atom is -0.240 e. The van der Waals surface area contributed by atoms with Gasteiger partial charge in [-0.3, -0.25) is 0 Å². The molecule has 0 unspecified atom stereocenters. The number of rotatable bonds is 4. The van der Waals surface area contributed by atoms with Crippen molar-refractivity contribution in [2.24, 2.45) is 5.92 Å². The predicted molar refractivity (Wildman–Crippen MR) is 75.6 cm³/mol. The molecular weight excluding hydrogens is 244 g/mol. The number of halogens is 1. The van der Waals surface area contributed by atoms with Gasteiger partial charge < -0.3 is 0 Å². The quantitative estimate of drug-likeness (QED) is 0.774. The van der Waals surface area contributed by atoms with Crippen LogP contribution < -0.4 is 0 Å². The first-order valence-corrected chi connectivity index (χ1v) is 6.69.